The highest BCUT2D eigenvalue weighted by Gasteiger charge is 2.59. The minimum atomic E-state index is -0.0149. The van der Waals surface area contributed by atoms with E-state index < -0.39 is 0 Å². The molecule has 0 amide bonds. The summed E-state index contributed by atoms with van der Waals surface area (Å²) in [5.41, 5.74) is 1.94. The van der Waals surface area contributed by atoms with Gasteiger partial charge in [0, 0.05) is 17.8 Å². The number of hydrogen-bond donors (Lipinski definition) is 0. The van der Waals surface area contributed by atoms with Crippen LogP contribution in [0.5, 0.6) is 0 Å². The van der Waals surface area contributed by atoms with E-state index in [9.17, 15) is 4.79 Å². The molecule has 1 nitrogen and oxygen atoms in total. The van der Waals surface area contributed by atoms with E-state index >= 15 is 0 Å². The van der Waals surface area contributed by atoms with Gasteiger partial charge in [-0.2, -0.15) is 0 Å². The lowest BCUT2D eigenvalue weighted by atomic mass is 9.46. The van der Waals surface area contributed by atoms with Crippen LogP contribution in [0.1, 0.15) is 58.8 Å². The SMILES string of the molecule is C=CC1CC[C@@]2(C)C(=CC[C@@H]3[C@H]2CC[C@]2(C)C(=O)CC[C@@H]32)C1C=C. The Hall–Kier alpha value is -1.11. The zero-order valence-corrected chi connectivity index (χ0v) is 15.4. The second-order valence-electron chi connectivity index (χ2n) is 9.31. The quantitative estimate of drug-likeness (QED) is 0.593. The maximum atomic E-state index is 12.5. The molecule has 0 radical (unpaired) electrons. The smallest absolute Gasteiger partial charge is 0.139 e. The second kappa shape index (κ2) is 5.44. The van der Waals surface area contributed by atoms with Crippen molar-refractivity contribution in [1.29, 1.82) is 0 Å². The number of ketones is 1. The Balaban J connectivity index is 1.72. The fourth-order valence-electron chi connectivity index (χ4n) is 7.18. The van der Waals surface area contributed by atoms with Gasteiger partial charge in [-0.05, 0) is 67.6 Å². The zero-order valence-electron chi connectivity index (χ0n) is 15.4. The molecule has 0 aromatic carbocycles. The normalized spacial score (nSPS) is 50.3. The molecule has 4 rings (SSSR count). The Morgan fingerprint density at radius 1 is 1.04 bits per heavy atom. The van der Waals surface area contributed by atoms with Crippen LogP contribution < -0.4 is 0 Å². The van der Waals surface area contributed by atoms with Gasteiger partial charge in [0.1, 0.15) is 5.78 Å². The lowest BCUT2D eigenvalue weighted by Crippen LogP contribution is -2.51. The molecule has 7 atom stereocenters. The molecular formula is C23H32O. The molecule has 0 heterocycles. The van der Waals surface area contributed by atoms with Gasteiger partial charge in [0.25, 0.3) is 0 Å². The number of carbonyl (C=O) groups excluding carboxylic acids is 1. The van der Waals surface area contributed by atoms with Crippen molar-refractivity contribution in [2.75, 3.05) is 0 Å². The minimum Gasteiger partial charge on any atom is -0.299 e. The van der Waals surface area contributed by atoms with E-state index in [0.717, 1.165) is 31.1 Å². The summed E-state index contributed by atoms with van der Waals surface area (Å²) in [4.78, 5) is 12.5. The van der Waals surface area contributed by atoms with E-state index in [1.165, 1.54) is 25.7 Å². The van der Waals surface area contributed by atoms with Gasteiger partial charge in [-0.15, -0.1) is 13.2 Å². The maximum Gasteiger partial charge on any atom is 0.139 e. The molecule has 2 unspecified atom stereocenters. The fourth-order valence-corrected chi connectivity index (χ4v) is 7.18. The van der Waals surface area contributed by atoms with Crippen LogP contribution in [0.2, 0.25) is 0 Å². The van der Waals surface area contributed by atoms with Crippen LogP contribution in [0.4, 0.5) is 0 Å². The van der Waals surface area contributed by atoms with Gasteiger partial charge in [-0.3, -0.25) is 4.79 Å². The van der Waals surface area contributed by atoms with Gasteiger partial charge in [0.15, 0.2) is 0 Å². The van der Waals surface area contributed by atoms with Gasteiger partial charge in [0.05, 0.1) is 0 Å². The van der Waals surface area contributed by atoms with E-state index in [1.54, 1.807) is 5.57 Å². The molecule has 3 fully saturated rings. The van der Waals surface area contributed by atoms with E-state index in [2.05, 4.69) is 45.2 Å². The first-order valence-corrected chi connectivity index (χ1v) is 9.94. The van der Waals surface area contributed by atoms with Crippen molar-refractivity contribution >= 4 is 5.78 Å². The molecule has 4 aliphatic rings. The Labute approximate surface area is 147 Å². The van der Waals surface area contributed by atoms with Crippen LogP contribution in [0, 0.1) is 40.4 Å². The summed E-state index contributed by atoms with van der Waals surface area (Å²) in [6.45, 7) is 13.0. The number of Topliss-reactive ketones (excluding diaryl/α,β-unsaturated/α-hetero) is 1. The highest BCUT2D eigenvalue weighted by Crippen LogP contribution is 2.65. The van der Waals surface area contributed by atoms with Crippen molar-refractivity contribution in [2.24, 2.45) is 40.4 Å². The Morgan fingerprint density at radius 3 is 2.46 bits per heavy atom. The van der Waals surface area contributed by atoms with Crippen molar-refractivity contribution in [2.45, 2.75) is 58.8 Å². The average Bonchev–Trinajstić information content (AvgIpc) is 2.88. The first kappa shape index (κ1) is 16.4. The summed E-state index contributed by atoms with van der Waals surface area (Å²) in [6.07, 6.45) is 14.9. The van der Waals surface area contributed by atoms with Gasteiger partial charge in [-0.1, -0.05) is 37.6 Å². The second-order valence-corrected chi connectivity index (χ2v) is 9.31. The van der Waals surface area contributed by atoms with Crippen LogP contribution >= 0.6 is 0 Å². The van der Waals surface area contributed by atoms with Crippen LogP contribution in [0.25, 0.3) is 0 Å². The third-order valence-corrected chi connectivity index (χ3v) is 8.61. The van der Waals surface area contributed by atoms with E-state index in [0.29, 0.717) is 29.0 Å². The van der Waals surface area contributed by atoms with E-state index in [1.807, 2.05) is 0 Å². The topological polar surface area (TPSA) is 17.1 Å². The summed E-state index contributed by atoms with van der Waals surface area (Å²) in [6, 6.07) is 0. The summed E-state index contributed by atoms with van der Waals surface area (Å²) in [5.74, 6) is 3.67. The highest BCUT2D eigenvalue weighted by atomic mass is 16.1. The summed E-state index contributed by atoms with van der Waals surface area (Å²) < 4.78 is 0. The summed E-state index contributed by atoms with van der Waals surface area (Å²) in [5, 5.41) is 0. The molecule has 24 heavy (non-hydrogen) atoms. The van der Waals surface area contributed by atoms with Crippen LogP contribution in [0.15, 0.2) is 37.0 Å². The minimum absolute atomic E-state index is 0.0149. The number of carbonyl (C=O) groups is 1. The van der Waals surface area contributed by atoms with Gasteiger partial charge >= 0.3 is 0 Å². The average molecular weight is 325 g/mol. The molecule has 4 aliphatic carbocycles. The van der Waals surface area contributed by atoms with Gasteiger partial charge in [-0.25, -0.2) is 0 Å². The van der Waals surface area contributed by atoms with Crippen LogP contribution in [-0.2, 0) is 4.79 Å². The molecule has 130 valence electrons. The fraction of sp³-hybridized carbons (Fsp3) is 0.696. The lowest BCUT2D eigenvalue weighted by molar-refractivity contribution is -0.131. The molecular weight excluding hydrogens is 292 g/mol. The van der Waals surface area contributed by atoms with E-state index in [4.69, 9.17) is 0 Å². The largest absolute Gasteiger partial charge is 0.299 e. The van der Waals surface area contributed by atoms with Crippen molar-refractivity contribution in [1.82, 2.24) is 0 Å². The Kier molecular flexibility index (Phi) is 3.71. The maximum absolute atomic E-state index is 12.5. The zero-order chi connectivity index (χ0) is 17.1. The Bertz CT molecular complexity index is 614. The molecule has 0 saturated heterocycles. The molecule has 3 saturated carbocycles. The monoisotopic (exact) mass is 324 g/mol. The number of fused-ring (bicyclic) bond motifs is 5. The molecule has 0 aromatic rings. The van der Waals surface area contributed by atoms with E-state index in [-0.39, 0.29) is 5.41 Å². The van der Waals surface area contributed by atoms with Crippen molar-refractivity contribution in [3.05, 3.63) is 37.0 Å². The molecule has 0 bridgehead atoms. The van der Waals surface area contributed by atoms with Crippen molar-refractivity contribution in [3.63, 3.8) is 0 Å². The lowest BCUT2D eigenvalue weighted by Gasteiger charge is -2.58. The highest BCUT2D eigenvalue weighted by molar-refractivity contribution is 5.87. The van der Waals surface area contributed by atoms with Crippen LogP contribution in [0.3, 0.4) is 0 Å². The summed E-state index contributed by atoms with van der Waals surface area (Å²) in [7, 11) is 0. The molecule has 1 heteroatoms. The predicted molar refractivity (Wildman–Crippen MR) is 99.5 cm³/mol. The number of allylic oxidation sites excluding steroid dienone is 4. The molecule has 0 spiro atoms. The number of hydrogen-bond acceptors (Lipinski definition) is 1. The van der Waals surface area contributed by atoms with Crippen molar-refractivity contribution in [3.8, 4) is 0 Å². The predicted octanol–water partition coefficient (Wildman–Crippen LogP) is 5.73. The standard InChI is InChI=1S/C23H32O/c1-5-15-11-13-22(3)18(16(15)6-2)8-7-17-19-9-10-21(24)23(19,4)14-12-20(17)22/h5-6,8,15-17,19-20H,1-2,7,9-14H2,3-4H3/t15?,16?,17-,19-,20+,22-,23-/m0/s1. The molecule has 0 N–H and O–H groups in total. The van der Waals surface area contributed by atoms with Gasteiger partial charge < -0.3 is 0 Å². The number of rotatable bonds is 2. The third-order valence-electron chi connectivity index (χ3n) is 8.61. The summed E-state index contributed by atoms with van der Waals surface area (Å²) >= 11 is 0. The Morgan fingerprint density at radius 2 is 1.75 bits per heavy atom. The first-order valence-electron chi connectivity index (χ1n) is 9.94. The van der Waals surface area contributed by atoms with Crippen molar-refractivity contribution < 1.29 is 4.79 Å². The van der Waals surface area contributed by atoms with Crippen LogP contribution in [-0.4, -0.2) is 5.78 Å². The first-order chi connectivity index (χ1) is 11.5. The molecule has 0 aliphatic heterocycles. The third kappa shape index (κ3) is 1.96. The molecule has 0 aromatic heterocycles. The van der Waals surface area contributed by atoms with Gasteiger partial charge in [0.2, 0.25) is 0 Å².